The van der Waals surface area contributed by atoms with Crippen molar-refractivity contribution in [3.8, 4) is 0 Å². The van der Waals surface area contributed by atoms with E-state index in [0.29, 0.717) is 29.8 Å². The van der Waals surface area contributed by atoms with Gasteiger partial charge in [-0.05, 0) is 49.7 Å². The number of aromatic nitrogens is 1. The van der Waals surface area contributed by atoms with E-state index in [-0.39, 0.29) is 5.82 Å². The Balaban J connectivity index is 1.73. The zero-order valence-electron chi connectivity index (χ0n) is 13.1. The predicted octanol–water partition coefficient (Wildman–Crippen LogP) is 3.27. The van der Waals surface area contributed by atoms with Crippen LogP contribution >= 0.6 is 0 Å². The fourth-order valence-electron chi connectivity index (χ4n) is 2.59. The molecule has 2 aromatic heterocycles. The molecule has 1 unspecified atom stereocenters. The van der Waals surface area contributed by atoms with E-state index in [9.17, 15) is 9.50 Å². The van der Waals surface area contributed by atoms with Crippen LogP contribution in [0.5, 0.6) is 0 Å². The third-order valence-electron chi connectivity index (χ3n) is 3.86. The van der Waals surface area contributed by atoms with Gasteiger partial charge in [0, 0.05) is 24.7 Å². The Morgan fingerprint density at radius 2 is 2.09 bits per heavy atom. The third kappa shape index (κ3) is 3.25. The van der Waals surface area contributed by atoms with Gasteiger partial charge in [0.05, 0.1) is 5.52 Å². The van der Waals surface area contributed by atoms with Gasteiger partial charge in [-0.2, -0.15) is 0 Å². The monoisotopic (exact) mass is 314 g/mol. The van der Waals surface area contributed by atoms with Crippen LogP contribution in [0.4, 0.5) is 4.39 Å². The Morgan fingerprint density at radius 3 is 2.83 bits per heavy atom. The van der Waals surface area contributed by atoms with Crippen LogP contribution in [-0.2, 0) is 12.1 Å². The summed E-state index contributed by atoms with van der Waals surface area (Å²) in [7, 11) is 0. The molecule has 0 aliphatic carbocycles. The van der Waals surface area contributed by atoms with E-state index in [1.165, 1.54) is 6.07 Å². The van der Waals surface area contributed by atoms with Gasteiger partial charge in [-0.1, -0.05) is 6.07 Å². The molecule has 1 aromatic carbocycles. The number of halogens is 1. The number of hydrogen-bond acceptors (Lipinski definition) is 4. The molecule has 0 bridgehead atoms. The van der Waals surface area contributed by atoms with E-state index in [0.717, 1.165) is 11.3 Å². The van der Waals surface area contributed by atoms with Crippen molar-refractivity contribution in [2.24, 2.45) is 0 Å². The summed E-state index contributed by atoms with van der Waals surface area (Å²) in [4.78, 5) is 4.26. The highest BCUT2D eigenvalue weighted by Crippen LogP contribution is 2.23. The van der Waals surface area contributed by atoms with Crippen LogP contribution in [0.2, 0.25) is 0 Å². The fraction of sp³-hybridized carbons (Fsp3) is 0.278. The molecular weight excluding hydrogens is 295 g/mol. The van der Waals surface area contributed by atoms with Crippen molar-refractivity contribution in [1.82, 2.24) is 10.3 Å². The molecule has 0 fully saturated rings. The molecule has 0 aliphatic rings. The van der Waals surface area contributed by atoms with E-state index in [4.69, 9.17) is 4.42 Å². The Hall–Kier alpha value is -2.24. The number of benzene rings is 1. The highest BCUT2D eigenvalue weighted by atomic mass is 19.1. The third-order valence-corrected chi connectivity index (χ3v) is 3.86. The molecule has 0 amide bonds. The maximum absolute atomic E-state index is 13.8. The van der Waals surface area contributed by atoms with Crippen molar-refractivity contribution in [2.75, 3.05) is 6.54 Å². The van der Waals surface area contributed by atoms with Crippen molar-refractivity contribution >= 4 is 10.9 Å². The topological polar surface area (TPSA) is 58.3 Å². The summed E-state index contributed by atoms with van der Waals surface area (Å²) in [6, 6.07) is 10.2. The summed E-state index contributed by atoms with van der Waals surface area (Å²) in [6.07, 6.45) is 1.65. The fourth-order valence-corrected chi connectivity index (χ4v) is 2.59. The van der Waals surface area contributed by atoms with Crippen LogP contribution in [0.25, 0.3) is 10.9 Å². The molecule has 3 rings (SSSR count). The van der Waals surface area contributed by atoms with E-state index >= 15 is 0 Å². The molecule has 3 aromatic rings. The summed E-state index contributed by atoms with van der Waals surface area (Å²) < 4.78 is 19.3. The molecule has 2 heterocycles. The first-order chi connectivity index (χ1) is 11.0. The summed E-state index contributed by atoms with van der Waals surface area (Å²) in [6.45, 7) is 4.32. The second-order valence-electron chi connectivity index (χ2n) is 5.89. The first-order valence-electron chi connectivity index (χ1n) is 7.49. The number of nitrogens with zero attached hydrogens (tertiary/aromatic N) is 1. The predicted molar refractivity (Wildman–Crippen MR) is 86.4 cm³/mol. The number of nitrogens with one attached hydrogen (secondary N) is 1. The number of aliphatic hydroxyl groups is 1. The number of fused-ring (bicyclic) bond motifs is 1. The van der Waals surface area contributed by atoms with Gasteiger partial charge >= 0.3 is 0 Å². The number of hydrogen-bond donors (Lipinski definition) is 2. The van der Waals surface area contributed by atoms with Gasteiger partial charge in [0.25, 0.3) is 0 Å². The van der Waals surface area contributed by atoms with Crippen LogP contribution < -0.4 is 5.32 Å². The summed E-state index contributed by atoms with van der Waals surface area (Å²) in [5, 5.41) is 14.2. The first-order valence-corrected chi connectivity index (χ1v) is 7.49. The van der Waals surface area contributed by atoms with Gasteiger partial charge in [-0.3, -0.25) is 4.98 Å². The van der Waals surface area contributed by atoms with Gasteiger partial charge < -0.3 is 14.8 Å². The minimum atomic E-state index is -1.11. The van der Waals surface area contributed by atoms with Crippen molar-refractivity contribution in [1.29, 1.82) is 0 Å². The van der Waals surface area contributed by atoms with Crippen LogP contribution in [0, 0.1) is 12.7 Å². The van der Waals surface area contributed by atoms with Gasteiger partial charge in [0.15, 0.2) is 0 Å². The molecule has 0 saturated heterocycles. The van der Waals surface area contributed by atoms with Gasteiger partial charge in [-0.15, -0.1) is 0 Å². The number of pyridine rings is 1. The maximum atomic E-state index is 13.8. The lowest BCUT2D eigenvalue weighted by Crippen LogP contribution is -2.34. The summed E-state index contributed by atoms with van der Waals surface area (Å²) >= 11 is 0. The van der Waals surface area contributed by atoms with Crippen molar-refractivity contribution in [2.45, 2.75) is 26.0 Å². The van der Waals surface area contributed by atoms with Crippen LogP contribution in [-0.4, -0.2) is 16.6 Å². The van der Waals surface area contributed by atoms with Gasteiger partial charge in [0.1, 0.15) is 22.9 Å². The maximum Gasteiger partial charge on any atom is 0.136 e. The lowest BCUT2D eigenvalue weighted by molar-refractivity contribution is 0.0333. The summed E-state index contributed by atoms with van der Waals surface area (Å²) in [5.74, 6) is 0.994. The largest absolute Gasteiger partial charge is 0.463 e. The van der Waals surface area contributed by atoms with E-state index < -0.39 is 5.60 Å². The molecule has 0 radical (unpaired) electrons. The second-order valence-corrected chi connectivity index (χ2v) is 5.89. The molecule has 120 valence electrons. The Bertz CT molecular complexity index is 827. The minimum absolute atomic E-state index is 0.282. The van der Waals surface area contributed by atoms with E-state index in [1.807, 2.05) is 13.0 Å². The van der Waals surface area contributed by atoms with Crippen LogP contribution in [0.15, 0.2) is 47.0 Å². The lowest BCUT2D eigenvalue weighted by Gasteiger charge is -2.21. The Kier molecular flexibility index (Phi) is 4.15. The number of aryl methyl sites for hydroxylation is 1. The zero-order valence-corrected chi connectivity index (χ0v) is 13.1. The molecule has 0 aliphatic heterocycles. The van der Waals surface area contributed by atoms with Crippen molar-refractivity contribution < 1.29 is 13.9 Å². The van der Waals surface area contributed by atoms with Gasteiger partial charge in [-0.25, -0.2) is 4.39 Å². The van der Waals surface area contributed by atoms with E-state index in [2.05, 4.69) is 10.3 Å². The van der Waals surface area contributed by atoms with Crippen molar-refractivity contribution in [3.63, 3.8) is 0 Å². The minimum Gasteiger partial charge on any atom is -0.463 e. The average molecular weight is 314 g/mol. The van der Waals surface area contributed by atoms with Gasteiger partial charge in [0.2, 0.25) is 0 Å². The average Bonchev–Trinajstić information content (AvgIpc) is 2.97. The van der Waals surface area contributed by atoms with Crippen LogP contribution in [0.1, 0.15) is 24.0 Å². The number of furan rings is 1. The normalized spacial score (nSPS) is 14.1. The molecule has 5 heteroatoms. The second kappa shape index (κ2) is 6.10. The summed E-state index contributed by atoms with van der Waals surface area (Å²) in [5.41, 5.74) is 0.402. The van der Waals surface area contributed by atoms with Crippen molar-refractivity contribution in [3.05, 3.63) is 65.5 Å². The highest BCUT2D eigenvalue weighted by Gasteiger charge is 2.26. The highest BCUT2D eigenvalue weighted by molar-refractivity contribution is 5.82. The molecule has 0 saturated carbocycles. The van der Waals surface area contributed by atoms with E-state index in [1.54, 1.807) is 37.4 Å². The first kappa shape index (κ1) is 15.6. The standard InChI is InChI=1S/C18H19FN2O2/c1-12-5-8-16(23-12)18(2,22)11-20-10-13-6-7-15(19)14-4-3-9-21-17(13)14/h3-9,20,22H,10-11H2,1-2H3. The number of rotatable bonds is 5. The zero-order chi connectivity index (χ0) is 16.4. The molecular formula is C18H19FN2O2. The molecule has 23 heavy (non-hydrogen) atoms. The molecule has 1 atom stereocenters. The van der Waals surface area contributed by atoms with Crippen LogP contribution in [0.3, 0.4) is 0 Å². The molecule has 4 nitrogen and oxygen atoms in total. The Labute approximate surface area is 134 Å². The molecule has 0 spiro atoms. The SMILES string of the molecule is Cc1ccc(C(C)(O)CNCc2ccc(F)c3cccnc23)o1. The molecule has 2 N–H and O–H groups in total. The Morgan fingerprint density at radius 1 is 1.26 bits per heavy atom. The lowest BCUT2D eigenvalue weighted by atomic mass is 10.0. The quantitative estimate of drug-likeness (QED) is 0.759. The smallest absolute Gasteiger partial charge is 0.136 e.